The van der Waals surface area contributed by atoms with Gasteiger partial charge in [0.25, 0.3) is 0 Å². The van der Waals surface area contributed by atoms with Crippen molar-refractivity contribution in [3.8, 4) is 6.07 Å². The molecule has 0 amide bonds. The molecule has 3 nitrogen and oxygen atoms in total. The monoisotopic (exact) mass is 238 g/mol. The molecule has 1 rings (SSSR count). The number of halogens is 1. The van der Waals surface area contributed by atoms with Crippen molar-refractivity contribution in [1.82, 2.24) is 0 Å². The summed E-state index contributed by atoms with van der Waals surface area (Å²) in [5.41, 5.74) is 0.287. The first-order chi connectivity index (χ1) is 7.50. The van der Waals surface area contributed by atoms with Crippen LogP contribution in [0.2, 0.25) is 5.02 Å². The van der Waals surface area contributed by atoms with Crippen LogP contribution >= 0.6 is 11.6 Å². The summed E-state index contributed by atoms with van der Waals surface area (Å²) in [6.07, 6.45) is 0.641. The summed E-state index contributed by atoms with van der Waals surface area (Å²) < 4.78 is 0. The maximum atomic E-state index is 9.84. The van der Waals surface area contributed by atoms with Crippen LogP contribution in [0.3, 0.4) is 0 Å². The maximum Gasteiger partial charge on any atom is 0.103 e. The second-order valence-corrected chi connectivity index (χ2v) is 4.39. The minimum Gasteiger partial charge on any atom is -0.388 e. The van der Waals surface area contributed by atoms with Crippen molar-refractivity contribution in [2.45, 2.75) is 25.9 Å². The molecule has 1 aromatic carbocycles. The smallest absolute Gasteiger partial charge is 0.103 e. The highest BCUT2D eigenvalue weighted by Gasteiger charge is 2.17. The molecule has 86 valence electrons. The van der Waals surface area contributed by atoms with E-state index < -0.39 is 5.60 Å². The zero-order valence-corrected chi connectivity index (χ0v) is 10.2. The Balaban J connectivity index is 2.83. The topological polar surface area (TPSA) is 56.0 Å². The lowest BCUT2D eigenvalue weighted by Crippen LogP contribution is -2.32. The average Bonchev–Trinajstić information content (AvgIpc) is 2.26. The normalized spacial score (nSPS) is 13.9. The zero-order chi connectivity index (χ0) is 12.2. The van der Waals surface area contributed by atoms with Crippen molar-refractivity contribution in [3.05, 3.63) is 28.8 Å². The van der Waals surface area contributed by atoms with Crippen molar-refractivity contribution >= 4 is 17.3 Å². The Morgan fingerprint density at radius 2 is 2.25 bits per heavy atom. The van der Waals surface area contributed by atoms with Gasteiger partial charge in [0.05, 0.1) is 21.9 Å². The average molecular weight is 239 g/mol. The lowest BCUT2D eigenvalue weighted by molar-refractivity contribution is 0.0697. The molecule has 0 aliphatic rings. The van der Waals surface area contributed by atoms with Gasteiger partial charge in [0.1, 0.15) is 6.07 Å². The fourth-order valence-corrected chi connectivity index (χ4v) is 1.41. The number of nitrogens with zero attached hydrogens (tertiary/aromatic N) is 1. The number of hydrogen-bond acceptors (Lipinski definition) is 3. The van der Waals surface area contributed by atoms with E-state index in [2.05, 4.69) is 5.32 Å². The second-order valence-electron chi connectivity index (χ2n) is 3.98. The van der Waals surface area contributed by atoms with E-state index in [0.29, 0.717) is 29.2 Å². The number of hydrogen-bond donors (Lipinski definition) is 2. The van der Waals surface area contributed by atoms with Crippen LogP contribution in [-0.2, 0) is 0 Å². The standard InChI is InChI=1S/C12H15ClN2O/c1-3-12(2,16)8-15-11-6-4-5-10(13)9(11)7-14/h4-6,15-16H,3,8H2,1-2H3. The quantitative estimate of drug-likeness (QED) is 0.848. The fraction of sp³-hybridized carbons (Fsp3) is 0.417. The molecule has 1 unspecified atom stereocenters. The first kappa shape index (κ1) is 12.8. The molecule has 0 bridgehead atoms. The molecule has 0 heterocycles. The molecule has 0 saturated heterocycles. The minimum atomic E-state index is -0.783. The Bertz CT molecular complexity index is 410. The summed E-state index contributed by atoms with van der Waals surface area (Å²) >= 11 is 5.89. The molecule has 0 spiro atoms. The number of nitrogens with one attached hydrogen (secondary N) is 1. The number of benzene rings is 1. The van der Waals surface area contributed by atoms with Crippen LogP contribution in [0.15, 0.2) is 18.2 Å². The Hall–Kier alpha value is -1.24. The highest BCUT2D eigenvalue weighted by molar-refractivity contribution is 6.32. The molecule has 0 aliphatic carbocycles. The second kappa shape index (κ2) is 5.20. The van der Waals surface area contributed by atoms with Crippen molar-refractivity contribution in [2.24, 2.45) is 0 Å². The van der Waals surface area contributed by atoms with Crippen LogP contribution in [0, 0.1) is 11.3 Å². The van der Waals surface area contributed by atoms with E-state index >= 15 is 0 Å². The van der Waals surface area contributed by atoms with Gasteiger partial charge in [-0.05, 0) is 25.5 Å². The number of rotatable bonds is 4. The van der Waals surface area contributed by atoms with Gasteiger partial charge in [-0.25, -0.2) is 0 Å². The van der Waals surface area contributed by atoms with E-state index in [1.165, 1.54) is 0 Å². The molecule has 16 heavy (non-hydrogen) atoms. The van der Waals surface area contributed by atoms with Crippen LogP contribution in [-0.4, -0.2) is 17.3 Å². The lowest BCUT2D eigenvalue weighted by atomic mass is 10.0. The molecular formula is C12H15ClN2O. The van der Waals surface area contributed by atoms with E-state index in [-0.39, 0.29) is 0 Å². The number of aliphatic hydroxyl groups is 1. The van der Waals surface area contributed by atoms with E-state index in [4.69, 9.17) is 16.9 Å². The lowest BCUT2D eigenvalue weighted by Gasteiger charge is -2.22. The molecular weight excluding hydrogens is 224 g/mol. The van der Waals surface area contributed by atoms with Crippen LogP contribution in [0.25, 0.3) is 0 Å². The van der Waals surface area contributed by atoms with Gasteiger partial charge in [-0.15, -0.1) is 0 Å². The molecule has 0 radical (unpaired) electrons. The van der Waals surface area contributed by atoms with E-state index in [0.717, 1.165) is 0 Å². The van der Waals surface area contributed by atoms with Gasteiger partial charge in [-0.1, -0.05) is 24.6 Å². The van der Waals surface area contributed by atoms with Gasteiger partial charge in [0, 0.05) is 6.54 Å². The van der Waals surface area contributed by atoms with Gasteiger partial charge in [-0.3, -0.25) is 0 Å². The highest BCUT2D eigenvalue weighted by atomic mass is 35.5. The summed E-state index contributed by atoms with van der Waals surface area (Å²) in [5, 5.41) is 22.2. The largest absolute Gasteiger partial charge is 0.388 e. The van der Waals surface area contributed by atoms with Gasteiger partial charge in [0.15, 0.2) is 0 Å². The van der Waals surface area contributed by atoms with Crippen LogP contribution in [0.5, 0.6) is 0 Å². The van der Waals surface area contributed by atoms with E-state index in [1.54, 1.807) is 25.1 Å². The van der Waals surface area contributed by atoms with E-state index in [9.17, 15) is 5.11 Å². The summed E-state index contributed by atoms with van der Waals surface area (Å²) in [7, 11) is 0. The van der Waals surface area contributed by atoms with Crippen molar-refractivity contribution in [1.29, 1.82) is 5.26 Å². The van der Waals surface area contributed by atoms with Crippen LogP contribution < -0.4 is 5.32 Å². The summed E-state index contributed by atoms with van der Waals surface area (Å²) in [6.45, 7) is 4.04. The maximum absolute atomic E-state index is 9.84. The van der Waals surface area contributed by atoms with Gasteiger partial charge in [0.2, 0.25) is 0 Å². The predicted octanol–water partition coefficient (Wildman–Crippen LogP) is 2.78. The molecule has 2 N–H and O–H groups in total. The molecule has 1 atom stereocenters. The Kier molecular flexibility index (Phi) is 4.17. The third kappa shape index (κ3) is 3.13. The molecule has 0 aliphatic heterocycles. The zero-order valence-electron chi connectivity index (χ0n) is 9.42. The Morgan fingerprint density at radius 3 is 2.81 bits per heavy atom. The van der Waals surface area contributed by atoms with Gasteiger partial charge in [-0.2, -0.15) is 5.26 Å². The number of anilines is 1. The molecule has 0 fully saturated rings. The van der Waals surface area contributed by atoms with Crippen LogP contribution in [0.4, 0.5) is 5.69 Å². The first-order valence-electron chi connectivity index (χ1n) is 5.15. The van der Waals surface area contributed by atoms with Crippen molar-refractivity contribution < 1.29 is 5.11 Å². The van der Waals surface area contributed by atoms with Crippen molar-refractivity contribution in [3.63, 3.8) is 0 Å². The molecule has 1 aromatic rings. The molecule has 0 saturated carbocycles. The third-order valence-electron chi connectivity index (χ3n) is 2.55. The van der Waals surface area contributed by atoms with Gasteiger partial charge < -0.3 is 10.4 Å². The fourth-order valence-electron chi connectivity index (χ4n) is 1.20. The summed E-state index contributed by atoms with van der Waals surface area (Å²) in [4.78, 5) is 0. The first-order valence-corrected chi connectivity index (χ1v) is 5.53. The Morgan fingerprint density at radius 1 is 1.56 bits per heavy atom. The summed E-state index contributed by atoms with van der Waals surface area (Å²) in [6, 6.07) is 7.26. The van der Waals surface area contributed by atoms with Crippen LogP contribution in [0.1, 0.15) is 25.8 Å². The van der Waals surface area contributed by atoms with Gasteiger partial charge >= 0.3 is 0 Å². The Labute approximate surface area is 101 Å². The highest BCUT2D eigenvalue weighted by Crippen LogP contribution is 2.24. The summed E-state index contributed by atoms with van der Waals surface area (Å²) in [5.74, 6) is 0. The predicted molar refractivity (Wildman–Crippen MR) is 65.6 cm³/mol. The van der Waals surface area contributed by atoms with E-state index in [1.807, 2.05) is 13.0 Å². The SMILES string of the molecule is CCC(C)(O)CNc1cccc(Cl)c1C#N. The minimum absolute atomic E-state index is 0.387. The molecule has 4 heteroatoms. The van der Waals surface area contributed by atoms with Crippen molar-refractivity contribution in [2.75, 3.05) is 11.9 Å². The molecule has 0 aromatic heterocycles. The number of nitriles is 1. The third-order valence-corrected chi connectivity index (χ3v) is 2.86.